The fourth-order valence-electron chi connectivity index (χ4n) is 1.93. The van der Waals surface area contributed by atoms with Crippen LogP contribution in [0.3, 0.4) is 0 Å². The molecule has 1 rings (SSSR count). The number of rotatable bonds is 6. The number of ether oxygens (including phenoxy) is 3. The van der Waals surface area contributed by atoms with Gasteiger partial charge in [0.1, 0.15) is 5.60 Å². The first kappa shape index (κ1) is 17.7. The van der Waals surface area contributed by atoms with Gasteiger partial charge in [-0.25, -0.2) is 4.79 Å². The number of carboxylic acids is 1. The lowest BCUT2D eigenvalue weighted by atomic mass is 9.90. The number of nitrogens with zero attached hydrogens (tertiary/aromatic N) is 1. The Morgan fingerprint density at radius 2 is 1.81 bits per heavy atom. The van der Waals surface area contributed by atoms with E-state index in [1.807, 2.05) is 0 Å². The van der Waals surface area contributed by atoms with E-state index in [1.165, 1.54) is 19.1 Å². The molecule has 1 fully saturated rings. The molecule has 21 heavy (non-hydrogen) atoms. The van der Waals surface area contributed by atoms with Gasteiger partial charge in [-0.2, -0.15) is 0 Å². The Morgan fingerprint density at radius 1 is 1.29 bits per heavy atom. The molecule has 1 aliphatic rings. The number of carbonyl (C=O) groups is 2. The number of carboxylic acid groups (broad SMARTS) is 1. The molecule has 0 unspecified atom stereocenters. The van der Waals surface area contributed by atoms with Crippen molar-refractivity contribution in [3.05, 3.63) is 0 Å². The zero-order chi connectivity index (χ0) is 16.3. The van der Waals surface area contributed by atoms with Crippen LogP contribution < -0.4 is 5.32 Å². The molecule has 0 aliphatic carbocycles. The minimum absolute atomic E-state index is 0.0391. The molecule has 0 saturated carbocycles. The average Bonchev–Trinajstić information content (AvgIpc) is 2.29. The molecular weight excluding hydrogens is 280 g/mol. The van der Waals surface area contributed by atoms with Crippen molar-refractivity contribution in [2.75, 3.05) is 33.9 Å². The highest BCUT2D eigenvalue weighted by Crippen LogP contribution is 2.24. The minimum Gasteiger partial charge on any atom is -0.480 e. The summed E-state index contributed by atoms with van der Waals surface area (Å²) in [5, 5.41) is 12.2. The van der Waals surface area contributed by atoms with Gasteiger partial charge in [-0.05, 0) is 20.8 Å². The first-order valence-electron chi connectivity index (χ1n) is 6.65. The summed E-state index contributed by atoms with van der Waals surface area (Å²) in [6.45, 7) is 5.57. The van der Waals surface area contributed by atoms with E-state index in [9.17, 15) is 14.7 Å². The van der Waals surface area contributed by atoms with Crippen LogP contribution in [0.1, 0.15) is 20.8 Å². The molecule has 8 heteroatoms. The van der Waals surface area contributed by atoms with Gasteiger partial charge in [0.05, 0.1) is 13.1 Å². The summed E-state index contributed by atoms with van der Waals surface area (Å²) in [6.07, 6.45) is -1.06. The quantitative estimate of drug-likeness (QED) is 0.680. The topological polar surface area (TPSA) is 97.3 Å². The highest BCUT2D eigenvalue weighted by molar-refractivity contribution is 5.84. The van der Waals surface area contributed by atoms with Crippen molar-refractivity contribution < 1.29 is 28.9 Å². The van der Waals surface area contributed by atoms with E-state index in [0.717, 1.165) is 0 Å². The summed E-state index contributed by atoms with van der Waals surface area (Å²) in [4.78, 5) is 24.6. The maximum atomic E-state index is 11.8. The molecular formula is C13H24N2O6. The van der Waals surface area contributed by atoms with E-state index in [4.69, 9.17) is 14.2 Å². The van der Waals surface area contributed by atoms with Gasteiger partial charge in [0.2, 0.25) is 0 Å². The number of amides is 1. The van der Waals surface area contributed by atoms with Crippen molar-refractivity contribution in [1.29, 1.82) is 0 Å². The number of aliphatic carboxylic acids is 1. The number of hydrogen-bond donors (Lipinski definition) is 2. The number of hydrogen-bond acceptors (Lipinski definition) is 6. The monoisotopic (exact) mass is 304 g/mol. The molecule has 1 heterocycles. The van der Waals surface area contributed by atoms with Crippen LogP contribution in [-0.4, -0.2) is 73.4 Å². The Kier molecular flexibility index (Phi) is 5.54. The van der Waals surface area contributed by atoms with Crippen LogP contribution >= 0.6 is 0 Å². The number of methoxy groups -OCH3 is 2. The van der Waals surface area contributed by atoms with Crippen molar-refractivity contribution in [3.8, 4) is 0 Å². The Hall–Kier alpha value is -1.38. The zero-order valence-corrected chi connectivity index (χ0v) is 13.1. The van der Waals surface area contributed by atoms with Gasteiger partial charge in [-0.1, -0.05) is 0 Å². The van der Waals surface area contributed by atoms with Crippen molar-refractivity contribution in [3.63, 3.8) is 0 Å². The Balaban J connectivity index is 2.56. The van der Waals surface area contributed by atoms with Gasteiger partial charge in [-0.15, -0.1) is 0 Å². The second-order valence-electron chi connectivity index (χ2n) is 6.01. The summed E-state index contributed by atoms with van der Waals surface area (Å²) in [5.41, 5.74) is -1.80. The molecule has 122 valence electrons. The molecule has 1 aliphatic heterocycles. The highest BCUT2D eigenvalue weighted by atomic mass is 16.7. The van der Waals surface area contributed by atoms with E-state index in [0.29, 0.717) is 0 Å². The zero-order valence-electron chi connectivity index (χ0n) is 13.1. The predicted octanol–water partition coefficient (Wildman–Crippen LogP) is 0.269. The van der Waals surface area contributed by atoms with Crippen LogP contribution in [0.2, 0.25) is 0 Å². The van der Waals surface area contributed by atoms with Gasteiger partial charge >= 0.3 is 12.1 Å². The summed E-state index contributed by atoms with van der Waals surface area (Å²) in [5.74, 6) is -1.02. The molecule has 1 amide bonds. The van der Waals surface area contributed by atoms with Crippen molar-refractivity contribution in [2.45, 2.75) is 38.2 Å². The van der Waals surface area contributed by atoms with Crippen LogP contribution in [0.5, 0.6) is 0 Å². The second kappa shape index (κ2) is 6.59. The van der Waals surface area contributed by atoms with E-state index in [1.54, 1.807) is 20.8 Å². The van der Waals surface area contributed by atoms with E-state index in [-0.39, 0.29) is 19.6 Å². The van der Waals surface area contributed by atoms with Crippen LogP contribution in [-0.2, 0) is 19.0 Å². The Bertz CT molecular complexity index is 383. The molecule has 0 aromatic carbocycles. The molecule has 1 saturated heterocycles. The third-order valence-corrected chi connectivity index (χ3v) is 3.12. The third kappa shape index (κ3) is 4.55. The number of nitrogens with one attached hydrogen (secondary N) is 1. The molecule has 0 spiro atoms. The second-order valence-corrected chi connectivity index (χ2v) is 6.01. The summed E-state index contributed by atoms with van der Waals surface area (Å²) in [6, 6.07) is 0. The van der Waals surface area contributed by atoms with Gasteiger partial charge < -0.3 is 24.2 Å². The van der Waals surface area contributed by atoms with E-state index >= 15 is 0 Å². The molecule has 0 atom stereocenters. The third-order valence-electron chi connectivity index (χ3n) is 3.12. The Labute approximate surface area is 124 Å². The Morgan fingerprint density at radius 3 is 2.19 bits per heavy atom. The maximum Gasteiger partial charge on any atom is 0.410 e. The fourth-order valence-corrected chi connectivity index (χ4v) is 1.93. The van der Waals surface area contributed by atoms with E-state index in [2.05, 4.69) is 5.32 Å². The van der Waals surface area contributed by atoms with Crippen molar-refractivity contribution in [1.82, 2.24) is 10.2 Å². The van der Waals surface area contributed by atoms with Crippen LogP contribution in [0, 0.1) is 0 Å². The summed E-state index contributed by atoms with van der Waals surface area (Å²) < 4.78 is 15.2. The SMILES string of the molecule is COC(CNC1(C(=O)O)CN(C(=O)OC(C)(C)C)C1)OC. The summed E-state index contributed by atoms with van der Waals surface area (Å²) >= 11 is 0. The molecule has 0 aromatic heterocycles. The summed E-state index contributed by atoms with van der Waals surface area (Å²) in [7, 11) is 2.94. The van der Waals surface area contributed by atoms with Crippen molar-refractivity contribution in [2.24, 2.45) is 0 Å². The van der Waals surface area contributed by atoms with Crippen LogP contribution in [0.4, 0.5) is 4.79 Å². The molecule has 8 nitrogen and oxygen atoms in total. The van der Waals surface area contributed by atoms with E-state index < -0.39 is 29.5 Å². The van der Waals surface area contributed by atoms with Gasteiger partial charge in [0, 0.05) is 20.8 Å². The molecule has 0 aromatic rings. The first-order valence-corrected chi connectivity index (χ1v) is 6.65. The molecule has 2 N–H and O–H groups in total. The average molecular weight is 304 g/mol. The van der Waals surface area contributed by atoms with Crippen LogP contribution in [0.15, 0.2) is 0 Å². The lowest BCUT2D eigenvalue weighted by Crippen LogP contribution is -2.75. The maximum absolute atomic E-state index is 11.8. The number of likely N-dealkylation sites (tertiary alicyclic amines) is 1. The van der Waals surface area contributed by atoms with Crippen LogP contribution in [0.25, 0.3) is 0 Å². The van der Waals surface area contributed by atoms with Gasteiger partial charge in [-0.3, -0.25) is 10.1 Å². The van der Waals surface area contributed by atoms with Crippen molar-refractivity contribution >= 4 is 12.1 Å². The fraction of sp³-hybridized carbons (Fsp3) is 0.846. The highest BCUT2D eigenvalue weighted by Gasteiger charge is 2.52. The lowest BCUT2D eigenvalue weighted by Gasteiger charge is -2.47. The van der Waals surface area contributed by atoms with Gasteiger partial charge in [0.15, 0.2) is 11.8 Å². The minimum atomic E-state index is -1.19. The first-order chi connectivity index (χ1) is 9.63. The van der Waals surface area contributed by atoms with Gasteiger partial charge in [0.25, 0.3) is 0 Å². The normalized spacial score (nSPS) is 17.5. The lowest BCUT2D eigenvalue weighted by molar-refractivity contribution is -0.155. The smallest absolute Gasteiger partial charge is 0.410 e. The molecule has 0 radical (unpaired) electrons. The standard InChI is InChI=1S/C13H24N2O6/c1-12(2,3)21-11(18)15-7-13(8-15,10(16)17)14-6-9(19-4)20-5/h9,14H,6-8H2,1-5H3,(H,16,17). The largest absolute Gasteiger partial charge is 0.480 e. The number of carbonyl (C=O) groups excluding carboxylic acids is 1. The molecule has 0 bridgehead atoms. The predicted molar refractivity (Wildman–Crippen MR) is 74.0 cm³/mol.